The van der Waals surface area contributed by atoms with Gasteiger partial charge in [-0.1, -0.05) is 6.58 Å². The Balaban J connectivity index is 0.000000246. The van der Waals surface area contributed by atoms with Gasteiger partial charge < -0.3 is 20.4 Å². The van der Waals surface area contributed by atoms with Crippen molar-refractivity contribution in [3.63, 3.8) is 0 Å². The highest BCUT2D eigenvalue weighted by Crippen LogP contribution is 2.31. The lowest BCUT2D eigenvalue weighted by atomic mass is 10.2. The van der Waals surface area contributed by atoms with Crippen LogP contribution in [0.5, 0.6) is 0 Å². The third-order valence-corrected chi connectivity index (χ3v) is 3.52. The lowest BCUT2D eigenvalue weighted by Crippen LogP contribution is -2.10. The van der Waals surface area contributed by atoms with Crippen LogP contribution >= 0.6 is 0 Å². The molecule has 1 saturated heterocycles. The van der Waals surface area contributed by atoms with Gasteiger partial charge in [-0.05, 0) is 52.0 Å². The number of hydrogen-bond acceptors (Lipinski definition) is 5. The maximum atomic E-state index is 10.5. The van der Waals surface area contributed by atoms with E-state index in [-0.39, 0.29) is 5.70 Å². The Morgan fingerprint density at radius 3 is 2.64 bits per heavy atom. The molecule has 118 valence electrons. The first-order valence-corrected chi connectivity index (χ1v) is 7.26. The number of rotatable bonds is 3. The summed E-state index contributed by atoms with van der Waals surface area (Å²) >= 11 is 0. The lowest BCUT2D eigenvalue weighted by Gasteiger charge is -2.01. The Hall–Kier alpha value is -2.34. The van der Waals surface area contributed by atoms with Crippen molar-refractivity contribution >= 4 is 28.9 Å². The van der Waals surface area contributed by atoms with Crippen molar-refractivity contribution in [3.8, 4) is 0 Å². The van der Waals surface area contributed by atoms with Crippen LogP contribution in [-0.4, -0.2) is 36.4 Å². The van der Waals surface area contributed by atoms with Crippen LogP contribution in [0.25, 0.3) is 16.8 Å². The molecule has 0 aliphatic carbocycles. The molecule has 3 heterocycles. The van der Waals surface area contributed by atoms with Gasteiger partial charge in [0.25, 0.3) is 0 Å². The summed E-state index contributed by atoms with van der Waals surface area (Å²) in [6.45, 7) is 8.08. The van der Waals surface area contributed by atoms with E-state index in [9.17, 15) is 4.79 Å². The fourth-order valence-electron chi connectivity index (χ4n) is 2.37. The van der Waals surface area contributed by atoms with Gasteiger partial charge in [0.15, 0.2) is 5.76 Å². The first kappa shape index (κ1) is 16.0. The molecule has 0 bridgehead atoms. The van der Waals surface area contributed by atoms with E-state index in [1.165, 1.54) is 25.9 Å². The fraction of sp³-hybridized carbons (Fsp3) is 0.375. The van der Waals surface area contributed by atoms with Crippen LogP contribution in [0.15, 0.2) is 23.1 Å². The first-order valence-electron chi connectivity index (χ1n) is 7.26. The maximum Gasteiger partial charge on any atom is 0.229 e. The van der Waals surface area contributed by atoms with Gasteiger partial charge >= 0.3 is 0 Å². The molecule has 22 heavy (non-hydrogen) atoms. The van der Waals surface area contributed by atoms with E-state index in [0.717, 1.165) is 5.69 Å². The summed E-state index contributed by atoms with van der Waals surface area (Å²) in [7, 11) is 2.17. The summed E-state index contributed by atoms with van der Waals surface area (Å²) in [4.78, 5) is 17.1. The summed E-state index contributed by atoms with van der Waals surface area (Å²) in [6.07, 6.45) is 3.39. The van der Waals surface area contributed by atoms with Gasteiger partial charge in [-0.15, -0.1) is 0 Å². The standard InChI is InChI=1S/C11H11N3O2.C5H11N/c1-6-3-4-8-9(13-5-15)10(7(2)12)16-11(8)14-6;1-6-4-2-3-5-6/h3-5H,2,12H2,1H3,(H,13,15);2-5H2,1H3. The number of furan rings is 1. The highest BCUT2D eigenvalue weighted by atomic mass is 16.3. The molecule has 1 amide bonds. The van der Waals surface area contributed by atoms with Crippen molar-refractivity contribution in [2.24, 2.45) is 5.73 Å². The number of carbonyl (C=O) groups is 1. The van der Waals surface area contributed by atoms with Gasteiger partial charge in [-0.2, -0.15) is 0 Å². The number of pyridine rings is 1. The third-order valence-electron chi connectivity index (χ3n) is 3.52. The number of nitrogens with one attached hydrogen (secondary N) is 1. The van der Waals surface area contributed by atoms with Crippen LogP contribution < -0.4 is 11.1 Å². The van der Waals surface area contributed by atoms with Crippen LogP contribution in [0.4, 0.5) is 5.69 Å². The van der Waals surface area contributed by atoms with Crippen molar-refractivity contribution < 1.29 is 9.21 Å². The van der Waals surface area contributed by atoms with Crippen molar-refractivity contribution in [1.82, 2.24) is 9.88 Å². The molecule has 0 radical (unpaired) electrons. The lowest BCUT2D eigenvalue weighted by molar-refractivity contribution is -0.105. The molecule has 6 nitrogen and oxygen atoms in total. The van der Waals surface area contributed by atoms with Crippen molar-refractivity contribution in [1.29, 1.82) is 0 Å². The van der Waals surface area contributed by atoms with Crippen LogP contribution in [0.1, 0.15) is 24.3 Å². The summed E-state index contributed by atoms with van der Waals surface area (Å²) < 4.78 is 5.44. The average molecular weight is 302 g/mol. The van der Waals surface area contributed by atoms with E-state index >= 15 is 0 Å². The van der Waals surface area contributed by atoms with Gasteiger partial charge in [0, 0.05) is 5.69 Å². The Bertz CT molecular complexity index is 672. The Morgan fingerprint density at radius 1 is 1.45 bits per heavy atom. The van der Waals surface area contributed by atoms with Crippen LogP contribution in [0.2, 0.25) is 0 Å². The molecule has 1 aliphatic rings. The Kier molecular flexibility index (Phi) is 5.16. The number of fused-ring (bicyclic) bond motifs is 1. The van der Waals surface area contributed by atoms with Gasteiger partial charge in [0.2, 0.25) is 12.1 Å². The molecule has 0 atom stereocenters. The van der Waals surface area contributed by atoms with E-state index in [1.807, 2.05) is 19.1 Å². The number of nitrogens with zero attached hydrogens (tertiary/aromatic N) is 2. The van der Waals surface area contributed by atoms with Crippen molar-refractivity contribution in [3.05, 3.63) is 30.2 Å². The molecule has 0 saturated carbocycles. The number of hydrogen-bond donors (Lipinski definition) is 2. The monoisotopic (exact) mass is 302 g/mol. The predicted octanol–water partition coefficient (Wildman–Crippen LogP) is 2.35. The number of nitrogens with two attached hydrogens (primary N) is 1. The molecule has 3 N–H and O–H groups in total. The second-order valence-corrected chi connectivity index (χ2v) is 5.41. The zero-order valence-corrected chi connectivity index (χ0v) is 13.1. The summed E-state index contributed by atoms with van der Waals surface area (Å²) in [5.74, 6) is 0.347. The molecule has 3 rings (SSSR count). The minimum absolute atomic E-state index is 0.250. The number of aryl methyl sites for hydroxylation is 1. The maximum absolute atomic E-state index is 10.5. The second-order valence-electron chi connectivity index (χ2n) is 5.41. The van der Waals surface area contributed by atoms with E-state index in [1.54, 1.807) is 0 Å². The minimum Gasteiger partial charge on any atom is -0.434 e. The largest absolute Gasteiger partial charge is 0.434 e. The Labute approximate surface area is 130 Å². The molecular weight excluding hydrogens is 280 g/mol. The number of amides is 1. The third kappa shape index (κ3) is 3.65. The SMILES string of the molecule is C=C(N)c1oc2nc(C)ccc2c1NC=O.CN1CCCC1. The fourth-order valence-corrected chi connectivity index (χ4v) is 2.37. The van der Waals surface area contributed by atoms with E-state index < -0.39 is 0 Å². The first-order chi connectivity index (χ1) is 10.5. The van der Waals surface area contributed by atoms with Gasteiger partial charge in [0.05, 0.1) is 16.8 Å². The highest BCUT2D eigenvalue weighted by Gasteiger charge is 2.15. The van der Waals surface area contributed by atoms with E-state index in [2.05, 4.69) is 28.8 Å². The van der Waals surface area contributed by atoms with Crippen LogP contribution in [0.3, 0.4) is 0 Å². The van der Waals surface area contributed by atoms with Gasteiger partial charge in [-0.3, -0.25) is 4.79 Å². The van der Waals surface area contributed by atoms with E-state index in [0.29, 0.717) is 29.0 Å². The molecule has 2 aromatic rings. The van der Waals surface area contributed by atoms with Crippen LogP contribution in [-0.2, 0) is 4.79 Å². The van der Waals surface area contributed by atoms with Gasteiger partial charge in [-0.25, -0.2) is 4.98 Å². The van der Waals surface area contributed by atoms with Crippen molar-refractivity contribution in [2.45, 2.75) is 19.8 Å². The number of aromatic nitrogens is 1. The zero-order chi connectivity index (χ0) is 16.1. The number of anilines is 1. The summed E-state index contributed by atoms with van der Waals surface area (Å²) in [5.41, 5.74) is 7.59. The minimum atomic E-state index is 0.250. The molecule has 0 aromatic carbocycles. The number of likely N-dealkylation sites (tertiary alicyclic amines) is 1. The van der Waals surface area contributed by atoms with Gasteiger partial charge in [0.1, 0.15) is 0 Å². The quantitative estimate of drug-likeness (QED) is 0.850. The molecule has 1 fully saturated rings. The van der Waals surface area contributed by atoms with E-state index in [4.69, 9.17) is 10.2 Å². The predicted molar refractivity (Wildman–Crippen MR) is 88.4 cm³/mol. The molecular formula is C16H22N4O2. The van der Waals surface area contributed by atoms with Crippen LogP contribution in [0, 0.1) is 6.92 Å². The molecule has 1 aliphatic heterocycles. The smallest absolute Gasteiger partial charge is 0.229 e. The van der Waals surface area contributed by atoms with Crippen molar-refractivity contribution in [2.75, 3.05) is 25.5 Å². The molecule has 6 heteroatoms. The average Bonchev–Trinajstić information content (AvgIpc) is 3.07. The highest BCUT2D eigenvalue weighted by molar-refractivity contribution is 5.98. The topological polar surface area (TPSA) is 84.4 Å². The Morgan fingerprint density at radius 2 is 2.14 bits per heavy atom. The molecule has 0 unspecified atom stereocenters. The molecule has 0 spiro atoms. The normalized spacial score (nSPS) is 14.5. The number of carbonyl (C=O) groups excluding carboxylic acids is 1. The second kappa shape index (κ2) is 7.09. The molecule has 2 aromatic heterocycles. The summed E-state index contributed by atoms with van der Waals surface area (Å²) in [6, 6.07) is 3.65. The summed E-state index contributed by atoms with van der Waals surface area (Å²) in [5, 5.41) is 3.25. The zero-order valence-electron chi connectivity index (χ0n) is 13.1.